The van der Waals surface area contributed by atoms with E-state index in [-0.39, 0.29) is 5.02 Å². The third kappa shape index (κ3) is 1.76. The zero-order valence-corrected chi connectivity index (χ0v) is 7.07. The first-order valence-electron chi connectivity index (χ1n) is 2.85. The molecule has 0 fully saturated rings. The predicted octanol–water partition coefficient (Wildman–Crippen LogP) is 3.03. The second-order valence-electron chi connectivity index (χ2n) is 1.97. The Labute approximate surface area is 76.7 Å². The van der Waals surface area contributed by atoms with Crippen molar-refractivity contribution in [2.75, 3.05) is 0 Å². The minimum absolute atomic E-state index is 0.231. The maximum absolute atomic E-state index is 12.0. The van der Waals surface area contributed by atoms with Gasteiger partial charge in [-0.05, 0) is 6.07 Å². The number of rotatable bonds is 1. The number of aromatic nitrogens is 1. The van der Waals surface area contributed by atoms with Gasteiger partial charge in [0.25, 0.3) is 6.43 Å². The molecule has 0 saturated heterocycles. The SMILES string of the molecule is Oc1c(Cl)cc(C(F)F)nc1Cl. The summed E-state index contributed by atoms with van der Waals surface area (Å²) in [7, 11) is 0. The summed E-state index contributed by atoms with van der Waals surface area (Å²) in [5.74, 6) is -0.484. The Hall–Kier alpha value is -0.610. The highest BCUT2D eigenvalue weighted by molar-refractivity contribution is 6.36. The van der Waals surface area contributed by atoms with Crippen LogP contribution in [0.2, 0.25) is 10.2 Å². The van der Waals surface area contributed by atoms with Gasteiger partial charge in [-0.2, -0.15) is 0 Å². The molecule has 0 aliphatic rings. The minimum Gasteiger partial charge on any atom is -0.504 e. The molecule has 0 aromatic carbocycles. The van der Waals surface area contributed by atoms with E-state index in [1.165, 1.54) is 0 Å². The van der Waals surface area contributed by atoms with Crippen molar-refractivity contribution in [2.24, 2.45) is 0 Å². The molecule has 0 aliphatic heterocycles. The van der Waals surface area contributed by atoms with Gasteiger partial charge < -0.3 is 5.11 Å². The molecule has 12 heavy (non-hydrogen) atoms. The minimum atomic E-state index is -2.75. The van der Waals surface area contributed by atoms with Crippen LogP contribution >= 0.6 is 23.2 Å². The maximum Gasteiger partial charge on any atom is 0.280 e. The maximum atomic E-state index is 12.0. The van der Waals surface area contributed by atoms with Crippen molar-refractivity contribution >= 4 is 23.2 Å². The van der Waals surface area contributed by atoms with E-state index in [4.69, 9.17) is 28.3 Å². The molecule has 6 heteroatoms. The van der Waals surface area contributed by atoms with Crippen LogP contribution in [0.5, 0.6) is 5.75 Å². The predicted molar refractivity (Wildman–Crippen MR) is 40.9 cm³/mol. The number of halogens is 4. The van der Waals surface area contributed by atoms with Crippen LogP contribution in [0, 0.1) is 0 Å². The Morgan fingerprint density at radius 2 is 2.00 bits per heavy atom. The number of hydrogen-bond acceptors (Lipinski definition) is 2. The van der Waals surface area contributed by atoms with Crippen molar-refractivity contribution in [3.05, 3.63) is 21.9 Å². The van der Waals surface area contributed by atoms with E-state index in [2.05, 4.69) is 4.98 Å². The van der Waals surface area contributed by atoms with Crippen LogP contribution in [-0.4, -0.2) is 10.1 Å². The van der Waals surface area contributed by atoms with Gasteiger partial charge in [-0.25, -0.2) is 13.8 Å². The van der Waals surface area contributed by atoms with Gasteiger partial charge in [-0.15, -0.1) is 0 Å². The highest BCUT2D eigenvalue weighted by atomic mass is 35.5. The fourth-order valence-corrected chi connectivity index (χ4v) is 1.06. The molecular formula is C6H3Cl2F2NO. The van der Waals surface area contributed by atoms with E-state index in [1.54, 1.807) is 0 Å². The summed E-state index contributed by atoms with van der Waals surface area (Å²) >= 11 is 10.6. The van der Waals surface area contributed by atoms with Crippen molar-refractivity contribution in [3.8, 4) is 5.75 Å². The molecule has 1 aromatic rings. The normalized spacial score (nSPS) is 10.8. The summed E-state index contributed by atoms with van der Waals surface area (Å²) in [6.07, 6.45) is -2.75. The molecule has 0 atom stereocenters. The number of pyridine rings is 1. The lowest BCUT2D eigenvalue weighted by Crippen LogP contribution is -1.90. The second kappa shape index (κ2) is 3.41. The zero-order valence-electron chi connectivity index (χ0n) is 5.56. The van der Waals surface area contributed by atoms with Gasteiger partial charge in [0.1, 0.15) is 5.69 Å². The quantitative estimate of drug-likeness (QED) is 0.728. The molecule has 0 radical (unpaired) electrons. The Morgan fingerprint density at radius 3 is 2.42 bits per heavy atom. The van der Waals surface area contributed by atoms with Crippen LogP contribution in [0.15, 0.2) is 6.07 Å². The molecule has 1 N–H and O–H groups in total. The molecule has 0 unspecified atom stereocenters. The van der Waals surface area contributed by atoms with Gasteiger partial charge in [0.15, 0.2) is 10.9 Å². The third-order valence-electron chi connectivity index (χ3n) is 1.15. The number of aromatic hydroxyl groups is 1. The Bertz CT molecular complexity index is 283. The average molecular weight is 214 g/mol. The van der Waals surface area contributed by atoms with Gasteiger partial charge in [-0.1, -0.05) is 23.2 Å². The van der Waals surface area contributed by atoms with Crippen molar-refractivity contribution < 1.29 is 13.9 Å². The molecule has 0 spiro atoms. The molecule has 0 amide bonds. The van der Waals surface area contributed by atoms with E-state index < -0.39 is 23.0 Å². The second-order valence-corrected chi connectivity index (χ2v) is 2.73. The van der Waals surface area contributed by atoms with Crippen LogP contribution in [0.25, 0.3) is 0 Å². The van der Waals surface area contributed by atoms with Gasteiger partial charge in [0.2, 0.25) is 0 Å². The van der Waals surface area contributed by atoms with Crippen LogP contribution in [0.4, 0.5) is 8.78 Å². The topological polar surface area (TPSA) is 33.1 Å². The Morgan fingerprint density at radius 1 is 1.42 bits per heavy atom. The number of alkyl halides is 2. The van der Waals surface area contributed by atoms with Crippen LogP contribution in [-0.2, 0) is 0 Å². The Kier molecular flexibility index (Phi) is 2.69. The monoisotopic (exact) mass is 213 g/mol. The molecule has 0 bridgehead atoms. The molecule has 1 rings (SSSR count). The summed E-state index contributed by atoms with van der Waals surface area (Å²) in [5, 5.41) is 8.29. The molecular weight excluding hydrogens is 211 g/mol. The first-order valence-corrected chi connectivity index (χ1v) is 3.61. The Balaban J connectivity index is 3.21. The van der Waals surface area contributed by atoms with E-state index in [0.29, 0.717) is 0 Å². The van der Waals surface area contributed by atoms with Crippen molar-refractivity contribution in [1.82, 2.24) is 4.98 Å². The van der Waals surface area contributed by atoms with E-state index >= 15 is 0 Å². The van der Waals surface area contributed by atoms with Crippen LogP contribution < -0.4 is 0 Å². The highest BCUT2D eigenvalue weighted by Crippen LogP contribution is 2.32. The lowest BCUT2D eigenvalue weighted by atomic mass is 10.3. The largest absolute Gasteiger partial charge is 0.504 e. The average Bonchev–Trinajstić information content (AvgIpc) is 1.99. The third-order valence-corrected chi connectivity index (χ3v) is 1.70. The molecule has 1 heterocycles. The summed E-state index contributed by atoms with van der Waals surface area (Å²) in [6, 6.07) is 0.868. The summed E-state index contributed by atoms with van der Waals surface area (Å²) in [6.45, 7) is 0. The first kappa shape index (κ1) is 9.48. The van der Waals surface area contributed by atoms with Crippen molar-refractivity contribution in [3.63, 3.8) is 0 Å². The zero-order chi connectivity index (χ0) is 9.30. The molecule has 0 aliphatic carbocycles. The lowest BCUT2D eigenvalue weighted by molar-refractivity contribution is 0.146. The molecule has 0 saturated carbocycles. The summed E-state index contributed by atoms with van der Waals surface area (Å²) in [5.41, 5.74) is -0.553. The van der Waals surface area contributed by atoms with Crippen molar-refractivity contribution in [2.45, 2.75) is 6.43 Å². The standard InChI is InChI=1S/C6H3Cl2F2NO/c7-2-1-3(6(9)10)11-5(8)4(2)12/h1,6,12H. The fraction of sp³-hybridized carbons (Fsp3) is 0.167. The lowest BCUT2D eigenvalue weighted by Gasteiger charge is -2.02. The van der Waals surface area contributed by atoms with E-state index in [9.17, 15) is 8.78 Å². The van der Waals surface area contributed by atoms with Gasteiger partial charge in [0, 0.05) is 0 Å². The van der Waals surface area contributed by atoms with E-state index in [1.807, 2.05) is 0 Å². The van der Waals surface area contributed by atoms with E-state index in [0.717, 1.165) is 6.07 Å². The fourth-order valence-electron chi connectivity index (χ4n) is 0.607. The van der Waals surface area contributed by atoms with Gasteiger partial charge in [0.05, 0.1) is 5.02 Å². The van der Waals surface area contributed by atoms with Crippen LogP contribution in [0.3, 0.4) is 0 Å². The van der Waals surface area contributed by atoms with Gasteiger partial charge in [-0.3, -0.25) is 0 Å². The summed E-state index contributed by atoms with van der Waals surface area (Å²) in [4.78, 5) is 3.21. The molecule has 2 nitrogen and oxygen atoms in total. The highest BCUT2D eigenvalue weighted by Gasteiger charge is 2.14. The number of nitrogens with zero attached hydrogens (tertiary/aromatic N) is 1. The number of hydrogen-bond donors (Lipinski definition) is 1. The van der Waals surface area contributed by atoms with Crippen molar-refractivity contribution in [1.29, 1.82) is 0 Å². The smallest absolute Gasteiger partial charge is 0.280 e. The molecule has 66 valence electrons. The van der Waals surface area contributed by atoms with Crippen LogP contribution in [0.1, 0.15) is 12.1 Å². The van der Waals surface area contributed by atoms with Gasteiger partial charge >= 0.3 is 0 Å². The molecule has 1 aromatic heterocycles. The summed E-state index contributed by atoms with van der Waals surface area (Å²) < 4.78 is 24.0. The first-order chi connectivity index (χ1) is 5.52.